The zero-order valence-electron chi connectivity index (χ0n) is 18.3. The predicted molar refractivity (Wildman–Crippen MR) is 125 cm³/mol. The van der Waals surface area contributed by atoms with Gasteiger partial charge in [0.15, 0.2) is 0 Å². The molecule has 2 aromatic carbocycles. The molecule has 176 valence electrons. The van der Waals surface area contributed by atoms with Crippen LogP contribution in [0.4, 0.5) is 33.0 Å². The van der Waals surface area contributed by atoms with Crippen LogP contribution in [-0.4, -0.2) is 56.4 Å². The normalized spacial score (nSPS) is 19.6. The number of benzene rings is 2. The van der Waals surface area contributed by atoms with Crippen molar-refractivity contribution in [3.63, 3.8) is 0 Å². The summed E-state index contributed by atoms with van der Waals surface area (Å²) >= 11 is 0. The van der Waals surface area contributed by atoms with Crippen molar-refractivity contribution < 1.29 is 24.5 Å². The Bertz CT molecular complexity index is 1270. The molecule has 1 fully saturated rings. The number of aliphatic hydroxyl groups is 2. The third-order valence-corrected chi connectivity index (χ3v) is 6.06. The van der Waals surface area contributed by atoms with E-state index in [-0.39, 0.29) is 17.0 Å². The summed E-state index contributed by atoms with van der Waals surface area (Å²) in [4.78, 5) is 19.4. The smallest absolute Gasteiger partial charge is 0.261 e. The van der Waals surface area contributed by atoms with Crippen molar-refractivity contribution in [2.45, 2.75) is 25.7 Å². The van der Waals surface area contributed by atoms with E-state index >= 15 is 0 Å². The van der Waals surface area contributed by atoms with Gasteiger partial charge in [-0.25, -0.2) is 9.37 Å². The number of amides is 1. The number of carbonyl (C=O) groups is 1. The molecule has 9 nitrogen and oxygen atoms in total. The van der Waals surface area contributed by atoms with Gasteiger partial charge in [0.25, 0.3) is 5.91 Å². The molecule has 10 heteroatoms. The minimum Gasteiger partial charge on any atom is -0.508 e. The van der Waals surface area contributed by atoms with E-state index in [4.69, 9.17) is 0 Å². The number of halogens is 1. The first-order chi connectivity index (χ1) is 16.3. The van der Waals surface area contributed by atoms with Crippen LogP contribution in [0.15, 0.2) is 42.6 Å². The van der Waals surface area contributed by atoms with Crippen LogP contribution in [0.2, 0.25) is 0 Å². The third-order valence-electron chi connectivity index (χ3n) is 6.06. The van der Waals surface area contributed by atoms with Crippen LogP contribution in [0.3, 0.4) is 0 Å². The summed E-state index contributed by atoms with van der Waals surface area (Å²) in [6.45, 7) is 2.85. The van der Waals surface area contributed by atoms with E-state index < -0.39 is 23.9 Å². The highest BCUT2D eigenvalue weighted by atomic mass is 19.1. The molecule has 2 aliphatic heterocycles. The fourth-order valence-corrected chi connectivity index (χ4v) is 4.24. The number of anilines is 5. The second-order valence-corrected chi connectivity index (χ2v) is 8.61. The van der Waals surface area contributed by atoms with Crippen molar-refractivity contribution in [3.8, 4) is 5.75 Å². The van der Waals surface area contributed by atoms with Gasteiger partial charge in [0.1, 0.15) is 22.9 Å². The number of aromatic nitrogens is 1. The summed E-state index contributed by atoms with van der Waals surface area (Å²) in [6, 6.07) is 9.59. The van der Waals surface area contributed by atoms with Crippen LogP contribution in [0, 0.1) is 12.7 Å². The predicted octanol–water partition coefficient (Wildman–Crippen LogP) is 2.83. The van der Waals surface area contributed by atoms with E-state index in [0.717, 1.165) is 5.56 Å². The Morgan fingerprint density at radius 2 is 1.85 bits per heavy atom. The lowest BCUT2D eigenvalue weighted by atomic mass is 10.1. The highest BCUT2D eigenvalue weighted by Gasteiger charge is 2.30. The van der Waals surface area contributed by atoms with Crippen LogP contribution in [0.1, 0.15) is 21.5 Å². The molecule has 3 aromatic rings. The van der Waals surface area contributed by atoms with Crippen LogP contribution in [0.5, 0.6) is 5.75 Å². The van der Waals surface area contributed by atoms with E-state index in [0.29, 0.717) is 48.1 Å². The van der Waals surface area contributed by atoms with Crippen molar-refractivity contribution in [2.24, 2.45) is 0 Å². The number of nitrogens with one attached hydrogen (secondary N) is 3. The van der Waals surface area contributed by atoms with E-state index in [9.17, 15) is 24.5 Å². The minimum atomic E-state index is -0.769. The van der Waals surface area contributed by atoms with Gasteiger partial charge >= 0.3 is 0 Å². The van der Waals surface area contributed by atoms with Crippen molar-refractivity contribution in [3.05, 3.63) is 65.1 Å². The molecule has 6 N–H and O–H groups in total. The molecule has 1 aromatic heterocycles. The lowest BCUT2D eigenvalue weighted by Crippen LogP contribution is -2.22. The van der Waals surface area contributed by atoms with Gasteiger partial charge in [0.05, 0.1) is 35.0 Å². The first-order valence-corrected chi connectivity index (χ1v) is 10.8. The molecule has 0 aliphatic carbocycles. The minimum absolute atomic E-state index is 0.0309. The molecule has 2 atom stereocenters. The number of phenols is 1. The number of rotatable bonds is 4. The molecule has 1 amide bonds. The maximum Gasteiger partial charge on any atom is 0.261 e. The molecule has 0 radical (unpaired) electrons. The number of aliphatic hydroxyl groups excluding tert-OH is 2. The van der Waals surface area contributed by atoms with Crippen molar-refractivity contribution in [2.75, 3.05) is 29.0 Å². The molecule has 0 unspecified atom stereocenters. The zero-order valence-corrected chi connectivity index (χ0v) is 18.3. The average Bonchev–Trinajstić information content (AvgIpc) is 3.01. The quantitative estimate of drug-likeness (QED) is 0.347. The van der Waals surface area contributed by atoms with Gasteiger partial charge in [-0.3, -0.25) is 9.69 Å². The Kier molecular flexibility index (Phi) is 5.56. The number of pyridine rings is 1. The van der Waals surface area contributed by atoms with Crippen molar-refractivity contribution in [1.29, 1.82) is 0 Å². The Morgan fingerprint density at radius 3 is 2.62 bits per heavy atom. The van der Waals surface area contributed by atoms with Gasteiger partial charge in [0, 0.05) is 31.9 Å². The highest BCUT2D eigenvalue weighted by molar-refractivity contribution is 6.15. The second kappa shape index (κ2) is 8.56. The van der Waals surface area contributed by atoms with Gasteiger partial charge in [-0.15, -0.1) is 0 Å². The monoisotopic (exact) mass is 465 g/mol. The van der Waals surface area contributed by atoms with E-state index in [2.05, 4.69) is 20.9 Å². The summed E-state index contributed by atoms with van der Waals surface area (Å²) in [7, 11) is 0. The summed E-state index contributed by atoms with van der Waals surface area (Å²) in [5.74, 6) is -0.758. The maximum atomic E-state index is 14.5. The number of aromatic hydroxyl groups is 1. The van der Waals surface area contributed by atoms with Gasteiger partial charge < -0.3 is 31.3 Å². The molecule has 34 heavy (non-hydrogen) atoms. The Morgan fingerprint density at radius 1 is 1.09 bits per heavy atom. The first kappa shape index (κ1) is 22.1. The van der Waals surface area contributed by atoms with E-state index in [1.54, 1.807) is 13.0 Å². The van der Waals surface area contributed by atoms with Crippen LogP contribution >= 0.6 is 0 Å². The largest absolute Gasteiger partial charge is 0.508 e. The highest BCUT2D eigenvalue weighted by Crippen LogP contribution is 2.36. The Labute approximate surface area is 194 Å². The number of hydrogen-bond acceptors (Lipinski definition) is 8. The lowest BCUT2D eigenvalue weighted by Gasteiger charge is -2.16. The molecular formula is C24H24FN5O4. The summed E-state index contributed by atoms with van der Waals surface area (Å²) < 4.78 is 14.5. The molecule has 2 aliphatic rings. The Hall–Kier alpha value is -3.73. The fraction of sp³-hybridized carbons (Fsp3) is 0.250. The summed E-state index contributed by atoms with van der Waals surface area (Å²) in [5.41, 5.74) is 3.04. The van der Waals surface area contributed by atoms with Gasteiger partial charge in [-0.2, -0.15) is 0 Å². The van der Waals surface area contributed by atoms with Crippen LogP contribution < -0.4 is 16.0 Å². The molecule has 0 saturated carbocycles. The number of β-amino-alcohol motifs (C(OH)–C–C–N with tert-alkyl or cyclic N) is 2. The second-order valence-electron chi connectivity index (χ2n) is 8.61. The average molecular weight is 465 g/mol. The number of hydrogen-bond donors (Lipinski definition) is 6. The van der Waals surface area contributed by atoms with Gasteiger partial charge in [-0.1, -0.05) is 6.07 Å². The molecular weight excluding hydrogens is 441 g/mol. The standard InChI is InChI=1S/C24H24FN5O4/c1-12-6-14(25)17(8-19(12)31)27-16-4-5-26-23-22(16)24(34)29-18-7-13(2-3-15(18)28-23)9-30-10-20(32)21(33)11-30/h2-8,20-21,31-33H,9-11H2,1H3,(H,29,34)(H2,26,27,28)/t20-,21+. The van der Waals surface area contributed by atoms with Crippen LogP contribution in [-0.2, 0) is 6.54 Å². The zero-order chi connectivity index (χ0) is 24.0. The van der Waals surface area contributed by atoms with Gasteiger partial charge in [-0.05, 0) is 42.3 Å². The van der Waals surface area contributed by atoms with E-state index in [1.807, 2.05) is 23.1 Å². The number of aryl methyl sites for hydroxylation is 1. The number of fused-ring (bicyclic) bond motifs is 2. The van der Waals surface area contributed by atoms with Crippen LogP contribution in [0.25, 0.3) is 0 Å². The lowest BCUT2D eigenvalue weighted by molar-refractivity contribution is 0.0572. The van der Waals surface area contributed by atoms with Crippen molar-refractivity contribution in [1.82, 2.24) is 9.88 Å². The number of nitrogens with zero attached hydrogens (tertiary/aromatic N) is 2. The molecule has 0 bridgehead atoms. The molecule has 5 rings (SSSR count). The van der Waals surface area contributed by atoms with Crippen molar-refractivity contribution >= 4 is 34.5 Å². The number of likely N-dealkylation sites (tertiary alicyclic amines) is 1. The van der Waals surface area contributed by atoms with E-state index in [1.165, 1.54) is 18.3 Å². The van der Waals surface area contributed by atoms with Gasteiger partial charge in [0.2, 0.25) is 0 Å². The summed E-state index contributed by atoms with van der Waals surface area (Å²) in [5, 5.41) is 38.5. The maximum absolute atomic E-state index is 14.5. The number of carbonyl (C=O) groups excluding carboxylic acids is 1. The SMILES string of the molecule is Cc1cc(F)c(Nc2ccnc3c2C(=O)Nc2cc(CN4C[C@@H](O)[C@@H](O)C4)ccc2N3)cc1O. The summed E-state index contributed by atoms with van der Waals surface area (Å²) in [6.07, 6.45) is -0.0422. The molecule has 3 heterocycles. The number of phenolic OH excluding ortho intramolecular Hbond substituents is 1. The molecule has 0 spiro atoms. The topological polar surface area (TPSA) is 130 Å². The third kappa shape index (κ3) is 4.14. The first-order valence-electron chi connectivity index (χ1n) is 10.8. The molecule has 1 saturated heterocycles. The fourth-order valence-electron chi connectivity index (χ4n) is 4.24. The Balaban J connectivity index is 1.42.